The van der Waals surface area contributed by atoms with Crippen LogP contribution in [0.2, 0.25) is 0 Å². The van der Waals surface area contributed by atoms with E-state index in [4.69, 9.17) is 0 Å². The van der Waals surface area contributed by atoms with Gasteiger partial charge in [0.1, 0.15) is 5.82 Å². The molecule has 0 aliphatic heterocycles. The van der Waals surface area contributed by atoms with E-state index in [1.807, 2.05) is 6.20 Å². The van der Waals surface area contributed by atoms with Gasteiger partial charge in [-0.3, -0.25) is 0 Å². The van der Waals surface area contributed by atoms with Crippen LogP contribution in [0.15, 0.2) is 12.4 Å². The van der Waals surface area contributed by atoms with Gasteiger partial charge in [-0.05, 0) is 12.8 Å². The molecule has 0 aliphatic rings. The standard InChI is InChI=1S/C12H18N6/c1-3-9-10(4-2)17-18-12(16-9)15-6-5-11-13-7-8-14-11/h7-8H,3-6H2,1-2H3,(H,13,14)(H,15,16,18). The molecule has 18 heavy (non-hydrogen) atoms. The third-order valence-electron chi connectivity index (χ3n) is 2.71. The van der Waals surface area contributed by atoms with Crippen LogP contribution in [0.3, 0.4) is 0 Å². The average Bonchev–Trinajstić information content (AvgIpc) is 2.91. The molecule has 2 N–H and O–H groups in total. The molecular formula is C12H18N6. The molecule has 0 atom stereocenters. The molecular weight excluding hydrogens is 228 g/mol. The van der Waals surface area contributed by atoms with Gasteiger partial charge in [-0.2, -0.15) is 5.10 Å². The Balaban J connectivity index is 1.93. The molecule has 0 bridgehead atoms. The minimum Gasteiger partial charge on any atom is -0.352 e. The number of imidazole rings is 1. The molecule has 0 spiro atoms. The van der Waals surface area contributed by atoms with Crippen LogP contribution < -0.4 is 5.32 Å². The van der Waals surface area contributed by atoms with Crippen molar-refractivity contribution in [2.75, 3.05) is 11.9 Å². The zero-order valence-electron chi connectivity index (χ0n) is 10.8. The van der Waals surface area contributed by atoms with E-state index < -0.39 is 0 Å². The average molecular weight is 246 g/mol. The van der Waals surface area contributed by atoms with Gasteiger partial charge < -0.3 is 10.3 Å². The molecule has 0 unspecified atom stereocenters. The summed E-state index contributed by atoms with van der Waals surface area (Å²) in [5.41, 5.74) is 2.00. The highest BCUT2D eigenvalue weighted by Crippen LogP contribution is 2.06. The number of aromatic amines is 1. The lowest BCUT2D eigenvalue weighted by Crippen LogP contribution is -2.12. The highest BCUT2D eigenvalue weighted by atomic mass is 15.2. The van der Waals surface area contributed by atoms with Gasteiger partial charge in [0.15, 0.2) is 0 Å². The van der Waals surface area contributed by atoms with Crippen molar-refractivity contribution in [3.05, 3.63) is 29.6 Å². The molecule has 2 rings (SSSR count). The number of hydrogen-bond donors (Lipinski definition) is 2. The predicted octanol–water partition coefficient (Wildman–Crippen LogP) is 1.37. The Morgan fingerprint density at radius 1 is 1.17 bits per heavy atom. The third-order valence-corrected chi connectivity index (χ3v) is 2.71. The van der Waals surface area contributed by atoms with Gasteiger partial charge in [0.25, 0.3) is 0 Å². The van der Waals surface area contributed by atoms with Crippen molar-refractivity contribution in [3.63, 3.8) is 0 Å². The summed E-state index contributed by atoms with van der Waals surface area (Å²) in [5.74, 6) is 1.55. The number of nitrogens with one attached hydrogen (secondary N) is 2. The van der Waals surface area contributed by atoms with Crippen LogP contribution in [0.25, 0.3) is 0 Å². The lowest BCUT2D eigenvalue weighted by molar-refractivity contribution is 0.813. The number of aromatic nitrogens is 5. The molecule has 0 fully saturated rings. The fraction of sp³-hybridized carbons (Fsp3) is 0.500. The first-order valence-electron chi connectivity index (χ1n) is 6.28. The summed E-state index contributed by atoms with van der Waals surface area (Å²) in [6, 6.07) is 0. The molecule has 2 aromatic rings. The number of rotatable bonds is 6. The zero-order valence-corrected chi connectivity index (χ0v) is 10.8. The monoisotopic (exact) mass is 246 g/mol. The minimum absolute atomic E-state index is 0.593. The van der Waals surface area contributed by atoms with Gasteiger partial charge in [-0.1, -0.05) is 13.8 Å². The lowest BCUT2D eigenvalue weighted by atomic mass is 10.2. The first-order chi connectivity index (χ1) is 8.83. The maximum Gasteiger partial charge on any atom is 0.242 e. The van der Waals surface area contributed by atoms with Crippen LogP contribution >= 0.6 is 0 Å². The number of aryl methyl sites for hydroxylation is 2. The van der Waals surface area contributed by atoms with E-state index in [0.29, 0.717) is 5.95 Å². The zero-order chi connectivity index (χ0) is 12.8. The van der Waals surface area contributed by atoms with Crippen molar-refractivity contribution in [3.8, 4) is 0 Å². The molecule has 0 saturated carbocycles. The van der Waals surface area contributed by atoms with Gasteiger partial charge in [0.2, 0.25) is 5.95 Å². The third kappa shape index (κ3) is 3.03. The van der Waals surface area contributed by atoms with E-state index in [1.165, 1.54) is 0 Å². The fourth-order valence-corrected chi connectivity index (χ4v) is 1.74. The summed E-state index contributed by atoms with van der Waals surface area (Å²) in [7, 11) is 0. The van der Waals surface area contributed by atoms with Crippen LogP contribution in [0.1, 0.15) is 31.1 Å². The van der Waals surface area contributed by atoms with Crippen LogP contribution in [-0.4, -0.2) is 31.7 Å². The maximum absolute atomic E-state index is 4.47. The molecule has 6 heteroatoms. The second kappa shape index (κ2) is 6.09. The van der Waals surface area contributed by atoms with Gasteiger partial charge in [0.05, 0.1) is 11.4 Å². The Morgan fingerprint density at radius 2 is 2.00 bits per heavy atom. The Morgan fingerprint density at radius 3 is 2.67 bits per heavy atom. The van der Waals surface area contributed by atoms with Crippen LogP contribution in [0, 0.1) is 0 Å². The topological polar surface area (TPSA) is 79.4 Å². The molecule has 6 nitrogen and oxygen atoms in total. The molecule has 0 saturated heterocycles. The van der Waals surface area contributed by atoms with Crippen molar-refractivity contribution in [1.82, 2.24) is 25.1 Å². The predicted molar refractivity (Wildman–Crippen MR) is 69.4 cm³/mol. The van der Waals surface area contributed by atoms with Crippen molar-refractivity contribution in [2.45, 2.75) is 33.1 Å². The molecule has 2 aromatic heterocycles. The van der Waals surface area contributed by atoms with Crippen molar-refractivity contribution in [1.29, 1.82) is 0 Å². The Bertz CT molecular complexity index is 479. The lowest BCUT2D eigenvalue weighted by Gasteiger charge is -2.07. The van der Waals surface area contributed by atoms with Crippen LogP contribution in [0.4, 0.5) is 5.95 Å². The number of anilines is 1. The highest BCUT2D eigenvalue weighted by molar-refractivity contribution is 5.25. The Hall–Kier alpha value is -1.98. The molecule has 96 valence electrons. The summed E-state index contributed by atoms with van der Waals surface area (Å²) < 4.78 is 0. The summed E-state index contributed by atoms with van der Waals surface area (Å²) >= 11 is 0. The van der Waals surface area contributed by atoms with Gasteiger partial charge in [-0.25, -0.2) is 9.97 Å². The normalized spacial score (nSPS) is 10.6. The minimum atomic E-state index is 0.593. The van der Waals surface area contributed by atoms with Crippen molar-refractivity contribution in [2.24, 2.45) is 0 Å². The molecule has 2 heterocycles. The second-order valence-electron chi connectivity index (χ2n) is 3.95. The van der Waals surface area contributed by atoms with Crippen LogP contribution in [0.5, 0.6) is 0 Å². The Kier molecular flexibility index (Phi) is 4.22. The first-order valence-corrected chi connectivity index (χ1v) is 6.28. The van der Waals surface area contributed by atoms with Gasteiger partial charge >= 0.3 is 0 Å². The van der Waals surface area contributed by atoms with Crippen molar-refractivity contribution < 1.29 is 0 Å². The quantitative estimate of drug-likeness (QED) is 0.804. The highest BCUT2D eigenvalue weighted by Gasteiger charge is 2.05. The van der Waals surface area contributed by atoms with Gasteiger partial charge in [-0.15, -0.1) is 5.10 Å². The SMILES string of the molecule is CCc1nnc(NCCc2ncc[nH]2)nc1CC. The van der Waals surface area contributed by atoms with E-state index in [2.05, 4.69) is 44.3 Å². The first kappa shape index (κ1) is 12.5. The maximum atomic E-state index is 4.47. The molecule has 0 radical (unpaired) electrons. The van der Waals surface area contributed by atoms with E-state index in [0.717, 1.165) is 43.0 Å². The summed E-state index contributed by atoms with van der Waals surface area (Å²) in [5, 5.41) is 11.4. The van der Waals surface area contributed by atoms with E-state index >= 15 is 0 Å². The Labute approximate surface area is 106 Å². The molecule has 0 aliphatic carbocycles. The fourth-order valence-electron chi connectivity index (χ4n) is 1.74. The second-order valence-corrected chi connectivity index (χ2v) is 3.95. The smallest absolute Gasteiger partial charge is 0.242 e. The van der Waals surface area contributed by atoms with Gasteiger partial charge in [0, 0.05) is 25.4 Å². The number of H-pyrrole nitrogens is 1. The molecule has 0 amide bonds. The summed E-state index contributed by atoms with van der Waals surface area (Å²) in [6.07, 6.45) is 6.13. The van der Waals surface area contributed by atoms with E-state index in [9.17, 15) is 0 Å². The molecule has 0 aromatic carbocycles. The van der Waals surface area contributed by atoms with E-state index in [-0.39, 0.29) is 0 Å². The largest absolute Gasteiger partial charge is 0.352 e. The van der Waals surface area contributed by atoms with Crippen molar-refractivity contribution >= 4 is 5.95 Å². The summed E-state index contributed by atoms with van der Waals surface area (Å²) in [6.45, 7) is 4.88. The number of nitrogens with zero attached hydrogens (tertiary/aromatic N) is 4. The number of hydrogen-bond acceptors (Lipinski definition) is 5. The van der Waals surface area contributed by atoms with Crippen LogP contribution in [-0.2, 0) is 19.3 Å². The van der Waals surface area contributed by atoms with E-state index in [1.54, 1.807) is 6.20 Å². The summed E-state index contributed by atoms with van der Waals surface area (Å²) in [4.78, 5) is 11.7.